The first-order chi connectivity index (χ1) is 13.0. The van der Waals surface area contributed by atoms with Crippen molar-refractivity contribution in [3.8, 4) is 0 Å². The molecular weight excluding hydrogens is 348 g/mol. The molecule has 3 heterocycles. The molecule has 2 saturated heterocycles. The number of methoxy groups -OCH3 is 1. The van der Waals surface area contributed by atoms with Crippen LogP contribution >= 0.6 is 0 Å². The van der Waals surface area contributed by atoms with Gasteiger partial charge in [0.15, 0.2) is 0 Å². The summed E-state index contributed by atoms with van der Waals surface area (Å²) in [5, 5.41) is 2.33. The molecule has 0 aromatic heterocycles. The Morgan fingerprint density at radius 2 is 2.07 bits per heavy atom. The number of imide groups is 1. The fraction of sp³-hybridized carbons (Fsp3) is 0.526. The number of ether oxygens (including phenoxy) is 1. The van der Waals surface area contributed by atoms with Gasteiger partial charge < -0.3 is 15.4 Å². The van der Waals surface area contributed by atoms with Crippen LogP contribution in [-0.4, -0.2) is 65.9 Å². The van der Waals surface area contributed by atoms with Gasteiger partial charge in [0.1, 0.15) is 11.6 Å². The molecule has 1 unspecified atom stereocenters. The minimum atomic E-state index is -0.585. The number of carbonyl (C=O) groups excluding carboxylic acids is 3. The molecule has 144 valence electrons. The van der Waals surface area contributed by atoms with Crippen molar-refractivity contribution in [1.82, 2.24) is 15.1 Å². The number of carbonyl (C=O) groups is 3. The second-order valence-corrected chi connectivity index (χ2v) is 7.59. The summed E-state index contributed by atoms with van der Waals surface area (Å²) in [5.41, 5.74) is 8.07. The molecule has 3 N–H and O–H groups in total. The van der Waals surface area contributed by atoms with Crippen LogP contribution in [0.25, 0.3) is 0 Å². The zero-order valence-corrected chi connectivity index (χ0v) is 15.4. The number of nitrogens with one attached hydrogen (secondary N) is 1. The largest absolute Gasteiger partial charge is 0.374 e. The Bertz CT molecular complexity index is 797. The summed E-state index contributed by atoms with van der Waals surface area (Å²) in [4.78, 5) is 40.4. The maximum atomic E-state index is 13.1. The lowest BCUT2D eigenvalue weighted by Crippen LogP contribution is -2.65. The van der Waals surface area contributed by atoms with Crippen molar-refractivity contribution in [2.24, 2.45) is 5.73 Å². The number of rotatable bonds is 5. The highest BCUT2D eigenvalue weighted by atomic mass is 16.5. The van der Waals surface area contributed by atoms with E-state index in [0.29, 0.717) is 31.6 Å². The molecule has 1 aromatic rings. The van der Waals surface area contributed by atoms with Gasteiger partial charge in [0.25, 0.3) is 5.91 Å². The van der Waals surface area contributed by atoms with Crippen molar-refractivity contribution < 1.29 is 19.1 Å². The Morgan fingerprint density at radius 1 is 1.30 bits per heavy atom. The molecule has 1 aromatic carbocycles. The van der Waals surface area contributed by atoms with Gasteiger partial charge in [0.2, 0.25) is 11.8 Å². The third-order valence-corrected chi connectivity index (χ3v) is 5.86. The van der Waals surface area contributed by atoms with E-state index in [1.165, 1.54) is 0 Å². The van der Waals surface area contributed by atoms with E-state index in [1.54, 1.807) is 12.0 Å². The topological polar surface area (TPSA) is 105 Å². The Hall–Kier alpha value is -2.29. The third-order valence-electron chi connectivity index (χ3n) is 5.86. The molecule has 2 fully saturated rings. The fourth-order valence-corrected chi connectivity index (χ4v) is 4.28. The lowest BCUT2D eigenvalue weighted by molar-refractivity contribution is -0.136. The highest BCUT2D eigenvalue weighted by molar-refractivity contribution is 6.05. The average Bonchev–Trinajstić information content (AvgIpc) is 2.95. The fourth-order valence-electron chi connectivity index (χ4n) is 4.28. The van der Waals surface area contributed by atoms with Crippen LogP contribution in [0.5, 0.6) is 0 Å². The zero-order chi connectivity index (χ0) is 19.2. The maximum Gasteiger partial charge on any atom is 0.255 e. The maximum absolute atomic E-state index is 13.1. The quantitative estimate of drug-likeness (QED) is 0.682. The van der Waals surface area contributed by atoms with Gasteiger partial charge in [-0.25, -0.2) is 0 Å². The Morgan fingerprint density at radius 3 is 2.74 bits per heavy atom. The van der Waals surface area contributed by atoms with Crippen molar-refractivity contribution in [1.29, 1.82) is 0 Å². The van der Waals surface area contributed by atoms with Crippen LogP contribution in [0.2, 0.25) is 0 Å². The first-order valence-corrected chi connectivity index (χ1v) is 9.19. The zero-order valence-electron chi connectivity index (χ0n) is 15.4. The Balaban J connectivity index is 1.51. The number of nitrogens with two attached hydrogens (primary N) is 1. The summed E-state index contributed by atoms with van der Waals surface area (Å²) < 4.78 is 5.51. The molecule has 0 spiro atoms. The van der Waals surface area contributed by atoms with E-state index >= 15 is 0 Å². The van der Waals surface area contributed by atoms with Crippen LogP contribution < -0.4 is 11.1 Å². The minimum absolute atomic E-state index is 0.132. The molecule has 3 aliphatic heterocycles. The van der Waals surface area contributed by atoms with Crippen molar-refractivity contribution in [2.75, 3.05) is 26.7 Å². The van der Waals surface area contributed by atoms with E-state index in [9.17, 15) is 14.4 Å². The van der Waals surface area contributed by atoms with Gasteiger partial charge in [-0.1, -0.05) is 18.2 Å². The minimum Gasteiger partial charge on any atom is -0.374 e. The van der Waals surface area contributed by atoms with Crippen LogP contribution in [0.4, 0.5) is 0 Å². The Labute approximate surface area is 157 Å². The molecule has 3 aliphatic rings. The van der Waals surface area contributed by atoms with Gasteiger partial charge in [-0.3, -0.25) is 24.6 Å². The monoisotopic (exact) mass is 372 g/mol. The highest BCUT2D eigenvalue weighted by Crippen LogP contribution is 2.32. The third kappa shape index (κ3) is 3.03. The first kappa shape index (κ1) is 18.1. The second kappa shape index (κ2) is 6.70. The molecule has 0 radical (unpaired) electrons. The van der Waals surface area contributed by atoms with Gasteiger partial charge in [-0.2, -0.15) is 0 Å². The van der Waals surface area contributed by atoms with E-state index in [2.05, 4.69) is 10.2 Å². The summed E-state index contributed by atoms with van der Waals surface area (Å²) in [6, 6.07) is 5.25. The number of hydrogen-bond acceptors (Lipinski definition) is 6. The SMILES string of the molecule is COC1(CN)CN(Cc2cccc3c2C(=O)N(C2CCC(=O)NC2=O)C3)C1. The lowest BCUT2D eigenvalue weighted by Gasteiger charge is -2.48. The lowest BCUT2D eigenvalue weighted by atomic mass is 9.92. The molecule has 0 bridgehead atoms. The molecule has 27 heavy (non-hydrogen) atoms. The van der Waals surface area contributed by atoms with Gasteiger partial charge in [-0.15, -0.1) is 0 Å². The number of likely N-dealkylation sites (tertiary alicyclic amines) is 1. The number of benzene rings is 1. The van der Waals surface area contributed by atoms with E-state index in [1.807, 2.05) is 18.2 Å². The second-order valence-electron chi connectivity index (χ2n) is 7.59. The van der Waals surface area contributed by atoms with E-state index in [0.717, 1.165) is 24.2 Å². The number of hydrogen-bond donors (Lipinski definition) is 2. The van der Waals surface area contributed by atoms with Crippen LogP contribution in [0.15, 0.2) is 18.2 Å². The predicted molar refractivity (Wildman–Crippen MR) is 96.6 cm³/mol. The molecule has 8 nitrogen and oxygen atoms in total. The number of amides is 3. The molecule has 0 saturated carbocycles. The van der Waals surface area contributed by atoms with Crippen LogP contribution in [0, 0.1) is 0 Å². The normalized spacial score (nSPS) is 24.6. The van der Waals surface area contributed by atoms with Crippen molar-refractivity contribution in [3.05, 3.63) is 34.9 Å². The van der Waals surface area contributed by atoms with Crippen LogP contribution in [-0.2, 0) is 27.4 Å². The van der Waals surface area contributed by atoms with Gasteiger partial charge in [0, 0.05) is 51.8 Å². The summed E-state index contributed by atoms with van der Waals surface area (Å²) in [5.74, 6) is -0.794. The summed E-state index contributed by atoms with van der Waals surface area (Å²) in [6.07, 6.45) is 0.633. The molecule has 8 heteroatoms. The smallest absolute Gasteiger partial charge is 0.255 e. The Kier molecular flexibility index (Phi) is 4.49. The van der Waals surface area contributed by atoms with Gasteiger partial charge >= 0.3 is 0 Å². The van der Waals surface area contributed by atoms with Crippen molar-refractivity contribution >= 4 is 17.7 Å². The van der Waals surface area contributed by atoms with Crippen LogP contribution in [0.3, 0.4) is 0 Å². The van der Waals surface area contributed by atoms with Gasteiger partial charge in [-0.05, 0) is 17.5 Å². The van der Waals surface area contributed by atoms with E-state index in [4.69, 9.17) is 10.5 Å². The summed E-state index contributed by atoms with van der Waals surface area (Å²) in [6.45, 7) is 2.97. The molecule has 0 aliphatic carbocycles. The predicted octanol–water partition coefficient (Wildman–Crippen LogP) is -0.393. The summed E-state index contributed by atoms with van der Waals surface area (Å²) in [7, 11) is 1.67. The number of piperidine rings is 1. The van der Waals surface area contributed by atoms with E-state index in [-0.39, 0.29) is 29.7 Å². The van der Waals surface area contributed by atoms with Gasteiger partial charge in [0.05, 0.1) is 0 Å². The molecule has 1 atom stereocenters. The first-order valence-electron chi connectivity index (χ1n) is 9.19. The van der Waals surface area contributed by atoms with Crippen molar-refractivity contribution in [2.45, 2.75) is 37.6 Å². The molecule has 4 rings (SSSR count). The van der Waals surface area contributed by atoms with Crippen LogP contribution in [0.1, 0.15) is 34.3 Å². The number of nitrogens with zero attached hydrogens (tertiary/aromatic N) is 2. The summed E-state index contributed by atoms with van der Waals surface area (Å²) >= 11 is 0. The molecule has 3 amide bonds. The standard InChI is InChI=1S/C19H24N4O4/c1-27-19(9-20)10-22(11-19)7-12-3-2-4-13-8-23(18(26)16(12)13)14-5-6-15(24)21-17(14)25/h2-4,14H,5-11,20H2,1H3,(H,21,24,25). The highest BCUT2D eigenvalue weighted by Gasteiger charge is 2.44. The molecular formula is C19H24N4O4. The van der Waals surface area contributed by atoms with Crippen molar-refractivity contribution in [3.63, 3.8) is 0 Å². The number of fused-ring (bicyclic) bond motifs is 1. The average molecular weight is 372 g/mol. The van der Waals surface area contributed by atoms with E-state index < -0.39 is 6.04 Å².